The lowest BCUT2D eigenvalue weighted by Crippen LogP contribution is -2.23. The van der Waals surface area contributed by atoms with E-state index in [1.165, 1.54) is 22.2 Å². The van der Waals surface area contributed by atoms with Crippen LogP contribution in [0.4, 0.5) is 0 Å². The van der Waals surface area contributed by atoms with Gasteiger partial charge in [0.05, 0.1) is 5.60 Å². The van der Waals surface area contributed by atoms with Crippen LogP contribution in [-0.2, 0) is 13.5 Å². The molecule has 0 aliphatic heterocycles. The number of benzene rings is 1. The molecule has 0 amide bonds. The van der Waals surface area contributed by atoms with E-state index in [0.29, 0.717) is 6.42 Å². The van der Waals surface area contributed by atoms with Crippen LogP contribution in [0.5, 0.6) is 0 Å². The molecule has 0 saturated heterocycles. The first kappa shape index (κ1) is 11.2. The first-order valence-electron chi connectivity index (χ1n) is 5.64. The maximum Gasteiger partial charge on any atom is 0.0646 e. The fraction of sp³-hybridized carbons (Fsp3) is 0.429. The maximum absolute atomic E-state index is 9.86. The molecule has 16 heavy (non-hydrogen) atoms. The molecule has 0 radical (unpaired) electrons. The molecule has 86 valence electrons. The number of hydrogen-bond donors (Lipinski definition) is 1. The van der Waals surface area contributed by atoms with Crippen LogP contribution in [0.1, 0.15) is 25.1 Å². The normalized spacial score (nSPS) is 12.3. The van der Waals surface area contributed by atoms with Gasteiger partial charge in [-0.1, -0.05) is 12.1 Å². The highest BCUT2D eigenvalue weighted by molar-refractivity contribution is 5.82. The second-order valence-electron chi connectivity index (χ2n) is 5.25. The van der Waals surface area contributed by atoms with Crippen molar-refractivity contribution in [1.82, 2.24) is 4.57 Å². The van der Waals surface area contributed by atoms with Crippen molar-refractivity contribution < 1.29 is 5.11 Å². The highest BCUT2D eigenvalue weighted by atomic mass is 16.3. The molecule has 2 heteroatoms. The van der Waals surface area contributed by atoms with Gasteiger partial charge in [-0.15, -0.1) is 0 Å². The van der Waals surface area contributed by atoms with Crippen molar-refractivity contribution in [2.75, 3.05) is 0 Å². The van der Waals surface area contributed by atoms with Gasteiger partial charge >= 0.3 is 0 Å². The number of fused-ring (bicyclic) bond motifs is 1. The van der Waals surface area contributed by atoms with Crippen molar-refractivity contribution >= 4 is 10.9 Å². The molecule has 0 bridgehead atoms. The first-order chi connectivity index (χ1) is 7.37. The molecule has 0 spiro atoms. The van der Waals surface area contributed by atoms with Crippen molar-refractivity contribution in [2.24, 2.45) is 7.05 Å². The van der Waals surface area contributed by atoms with Crippen LogP contribution in [0.25, 0.3) is 10.9 Å². The topological polar surface area (TPSA) is 25.2 Å². The molecule has 2 rings (SSSR count). The van der Waals surface area contributed by atoms with Crippen LogP contribution in [0.3, 0.4) is 0 Å². The van der Waals surface area contributed by atoms with E-state index < -0.39 is 5.60 Å². The minimum atomic E-state index is -0.656. The van der Waals surface area contributed by atoms with Crippen LogP contribution in [-0.4, -0.2) is 15.3 Å². The molecule has 0 aliphatic carbocycles. The Morgan fingerprint density at radius 1 is 1.25 bits per heavy atom. The molecular weight excluding hydrogens is 198 g/mol. The van der Waals surface area contributed by atoms with Gasteiger partial charge in [0.1, 0.15) is 0 Å². The maximum atomic E-state index is 9.86. The molecule has 1 aromatic carbocycles. The summed E-state index contributed by atoms with van der Waals surface area (Å²) in [7, 11) is 2.06. The molecule has 1 aromatic heterocycles. The van der Waals surface area contributed by atoms with E-state index in [2.05, 4.69) is 42.8 Å². The number of nitrogens with zero attached hydrogens (tertiary/aromatic N) is 1. The van der Waals surface area contributed by atoms with Gasteiger partial charge in [0.2, 0.25) is 0 Å². The predicted octanol–water partition coefficient (Wildman–Crippen LogP) is 2.80. The number of aryl methyl sites for hydroxylation is 2. The summed E-state index contributed by atoms with van der Waals surface area (Å²) in [6, 6.07) is 8.60. The van der Waals surface area contributed by atoms with Crippen molar-refractivity contribution in [3.05, 3.63) is 35.5 Å². The number of hydrogen-bond acceptors (Lipinski definition) is 1. The summed E-state index contributed by atoms with van der Waals surface area (Å²) < 4.78 is 2.17. The average molecular weight is 217 g/mol. The van der Waals surface area contributed by atoms with E-state index in [9.17, 15) is 5.11 Å². The van der Waals surface area contributed by atoms with E-state index in [-0.39, 0.29) is 0 Å². The molecule has 0 fully saturated rings. The highest BCUT2D eigenvalue weighted by Crippen LogP contribution is 2.22. The minimum absolute atomic E-state index is 0.656. The zero-order valence-electron chi connectivity index (χ0n) is 10.4. The third-order valence-corrected chi connectivity index (χ3v) is 2.91. The van der Waals surface area contributed by atoms with Gasteiger partial charge in [-0.3, -0.25) is 0 Å². The second-order valence-corrected chi connectivity index (χ2v) is 5.25. The quantitative estimate of drug-likeness (QED) is 0.822. The fourth-order valence-corrected chi connectivity index (χ4v) is 2.11. The van der Waals surface area contributed by atoms with Crippen LogP contribution in [0.15, 0.2) is 24.3 Å². The largest absolute Gasteiger partial charge is 0.390 e. The lowest BCUT2D eigenvalue weighted by atomic mass is 10.0. The first-order valence-corrected chi connectivity index (χ1v) is 5.64. The number of aliphatic hydroxyl groups is 1. The van der Waals surface area contributed by atoms with Crippen LogP contribution in [0, 0.1) is 6.92 Å². The molecule has 2 aromatic rings. The Morgan fingerprint density at radius 3 is 2.56 bits per heavy atom. The highest BCUT2D eigenvalue weighted by Gasteiger charge is 2.16. The molecular formula is C14H19NO. The zero-order valence-corrected chi connectivity index (χ0v) is 10.4. The van der Waals surface area contributed by atoms with Crippen molar-refractivity contribution in [2.45, 2.75) is 32.8 Å². The Morgan fingerprint density at radius 2 is 1.94 bits per heavy atom. The summed E-state index contributed by atoms with van der Waals surface area (Å²) in [6.07, 6.45) is 0.678. The Balaban J connectivity index is 2.52. The van der Waals surface area contributed by atoms with Crippen LogP contribution in [0.2, 0.25) is 0 Å². The molecule has 1 heterocycles. The van der Waals surface area contributed by atoms with Gasteiger partial charge in [-0.25, -0.2) is 0 Å². The Hall–Kier alpha value is -1.28. The minimum Gasteiger partial charge on any atom is -0.390 e. The zero-order chi connectivity index (χ0) is 11.9. The summed E-state index contributed by atoms with van der Waals surface area (Å²) >= 11 is 0. The Labute approximate surface area is 96.5 Å². The van der Waals surface area contributed by atoms with E-state index in [1.54, 1.807) is 0 Å². The standard InChI is InChI=1S/C14H19NO/c1-10-5-6-11-8-12(9-14(2,3)16)15(4)13(11)7-10/h5-8,16H,9H2,1-4H3. The molecule has 0 atom stereocenters. The summed E-state index contributed by atoms with van der Waals surface area (Å²) in [4.78, 5) is 0. The fourth-order valence-electron chi connectivity index (χ4n) is 2.11. The summed E-state index contributed by atoms with van der Waals surface area (Å²) in [5.74, 6) is 0. The Bertz CT molecular complexity index is 517. The smallest absolute Gasteiger partial charge is 0.0646 e. The van der Waals surface area contributed by atoms with E-state index in [0.717, 1.165) is 0 Å². The number of aromatic nitrogens is 1. The lowest BCUT2D eigenvalue weighted by Gasteiger charge is -2.17. The van der Waals surface area contributed by atoms with Gasteiger partial charge in [0.15, 0.2) is 0 Å². The SMILES string of the molecule is Cc1ccc2cc(CC(C)(C)O)n(C)c2c1. The van der Waals surface area contributed by atoms with Crippen LogP contribution >= 0.6 is 0 Å². The van der Waals surface area contributed by atoms with Crippen molar-refractivity contribution in [1.29, 1.82) is 0 Å². The van der Waals surface area contributed by atoms with Gasteiger partial charge in [-0.05, 0) is 43.9 Å². The average Bonchev–Trinajstić information content (AvgIpc) is 2.42. The molecule has 0 saturated carbocycles. The van der Waals surface area contributed by atoms with E-state index in [4.69, 9.17) is 0 Å². The molecule has 0 unspecified atom stereocenters. The summed E-state index contributed by atoms with van der Waals surface area (Å²) in [5, 5.41) is 11.1. The third kappa shape index (κ3) is 2.12. The summed E-state index contributed by atoms with van der Waals surface area (Å²) in [5.41, 5.74) is 3.02. The molecule has 0 aliphatic rings. The molecule has 2 nitrogen and oxygen atoms in total. The van der Waals surface area contributed by atoms with Gasteiger partial charge in [-0.2, -0.15) is 0 Å². The second kappa shape index (κ2) is 3.63. The third-order valence-electron chi connectivity index (χ3n) is 2.91. The van der Waals surface area contributed by atoms with Crippen molar-refractivity contribution in [3.8, 4) is 0 Å². The Kier molecular flexibility index (Phi) is 2.55. The van der Waals surface area contributed by atoms with Crippen LogP contribution < -0.4 is 0 Å². The van der Waals surface area contributed by atoms with Gasteiger partial charge in [0.25, 0.3) is 0 Å². The van der Waals surface area contributed by atoms with E-state index >= 15 is 0 Å². The predicted molar refractivity (Wildman–Crippen MR) is 67.7 cm³/mol. The monoisotopic (exact) mass is 217 g/mol. The van der Waals surface area contributed by atoms with Crippen molar-refractivity contribution in [3.63, 3.8) is 0 Å². The van der Waals surface area contributed by atoms with E-state index in [1.807, 2.05) is 13.8 Å². The molecule has 1 N–H and O–H groups in total. The number of rotatable bonds is 2. The lowest BCUT2D eigenvalue weighted by molar-refractivity contribution is 0.0793. The summed E-state index contributed by atoms with van der Waals surface area (Å²) in [6.45, 7) is 5.79. The van der Waals surface area contributed by atoms with Gasteiger partial charge in [0, 0.05) is 24.7 Å². The van der Waals surface area contributed by atoms with Gasteiger partial charge < -0.3 is 9.67 Å².